The van der Waals surface area contributed by atoms with E-state index in [0.717, 1.165) is 35.6 Å². The third kappa shape index (κ3) is 3.27. The molecule has 2 aliphatic rings. The zero-order valence-electron chi connectivity index (χ0n) is 14.7. The van der Waals surface area contributed by atoms with Crippen LogP contribution in [-0.4, -0.2) is 48.1 Å². The van der Waals surface area contributed by atoms with Gasteiger partial charge in [-0.3, -0.25) is 4.79 Å². The molecule has 1 aromatic carbocycles. The van der Waals surface area contributed by atoms with E-state index in [2.05, 4.69) is 11.9 Å². The molecule has 2 unspecified atom stereocenters. The van der Waals surface area contributed by atoms with Crippen LogP contribution >= 0.6 is 12.4 Å². The Morgan fingerprint density at radius 1 is 1.27 bits per heavy atom. The zero-order valence-corrected chi connectivity index (χ0v) is 15.6. The number of H-pyrrole nitrogens is 1. The lowest BCUT2D eigenvalue weighted by Gasteiger charge is -2.22. The molecule has 0 aliphatic carbocycles. The molecule has 6 nitrogen and oxygen atoms in total. The molecular weight excluding hydrogens is 354 g/mol. The summed E-state index contributed by atoms with van der Waals surface area (Å²) in [6.45, 7) is 4.54. The predicted octanol–water partition coefficient (Wildman–Crippen LogP) is 2.68. The molecule has 4 rings (SSSR count). The Kier molecular flexibility index (Phi) is 5.44. The van der Waals surface area contributed by atoms with E-state index in [0.29, 0.717) is 31.2 Å². The molecule has 3 heterocycles. The summed E-state index contributed by atoms with van der Waals surface area (Å²) in [5.41, 5.74) is 8.30. The topological polar surface area (TPSA) is 80.6 Å². The van der Waals surface area contributed by atoms with Crippen LogP contribution in [-0.2, 0) is 0 Å². The Labute approximate surface area is 159 Å². The van der Waals surface area contributed by atoms with Gasteiger partial charge in [0.2, 0.25) is 0 Å². The number of nitrogens with zero attached hydrogens (tertiary/aromatic N) is 1. The molecule has 1 amide bonds. The summed E-state index contributed by atoms with van der Waals surface area (Å²) in [4.78, 5) is 18.1. The third-order valence-corrected chi connectivity index (χ3v) is 5.08. The highest BCUT2D eigenvalue weighted by molar-refractivity contribution is 6.01. The van der Waals surface area contributed by atoms with Crippen LogP contribution in [0.1, 0.15) is 23.7 Å². The molecule has 1 saturated heterocycles. The fraction of sp³-hybridized carbons (Fsp3) is 0.421. The summed E-state index contributed by atoms with van der Waals surface area (Å²) in [5, 5.41) is 0. The van der Waals surface area contributed by atoms with Crippen LogP contribution in [0.4, 0.5) is 0 Å². The van der Waals surface area contributed by atoms with Gasteiger partial charge in [0.05, 0.1) is 5.56 Å². The van der Waals surface area contributed by atoms with Crippen molar-refractivity contribution >= 4 is 18.3 Å². The van der Waals surface area contributed by atoms with Gasteiger partial charge in [0.15, 0.2) is 11.5 Å². The van der Waals surface area contributed by atoms with Gasteiger partial charge in [-0.05, 0) is 43.5 Å². The van der Waals surface area contributed by atoms with Gasteiger partial charge in [-0.25, -0.2) is 0 Å². The Balaban J connectivity index is 0.00000196. The quantitative estimate of drug-likeness (QED) is 0.861. The highest BCUT2D eigenvalue weighted by Crippen LogP contribution is 2.36. The summed E-state index contributed by atoms with van der Waals surface area (Å²) < 4.78 is 11.2. The first kappa shape index (κ1) is 18.6. The number of carbonyl (C=O) groups is 1. The second-order valence-electron chi connectivity index (χ2n) is 6.79. The van der Waals surface area contributed by atoms with Crippen molar-refractivity contribution in [2.24, 2.45) is 11.7 Å². The maximum Gasteiger partial charge on any atom is 0.256 e. The summed E-state index contributed by atoms with van der Waals surface area (Å²) >= 11 is 0. The molecule has 2 aromatic rings. The molecule has 2 atom stereocenters. The van der Waals surface area contributed by atoms with E-state index in [1.807, 2.05) is 29.3 Å². The molecule has 1 aromatic heterocycles. The van der Waals surface area contributed by atoms with Gasteiger partial charge >= 0.3 is 0 Å². The lowest BCUT2D eigenvalue weighted by molar-refractivity contribution is 0.0744. The number of fused-ring (bicyclic) bond motifs is 1. The Hall–Kier alpha value is -2.18. The molecule has 0 spiro atoms. The largest absolute Gasteiger partial charge is 0.486 e. The number of aromatic nitrogens is 1. The van der Waals surface area contributed by atoms with Gasteiger partial charge in [-0.1, -0.05) is 6.07 Å². The number of carbonyl (C=O) groups excluding carboxylic acids is 1. The van der Waals surface area contributed by atoms with E-state index in [9.17, 15) is 4.79 Å². The molecule has 7 heteroatoms. The lowest BCUT2D eigenvalue weighted by Crippen LogP contribution is -2.34. The first-order chi connectivity index (χ1) is 12.2. The number of amides is 1. The Bertz CT molecular complexity index is 792. The SMILES string of the molecule is CC1CC(CN)CN1C(=O)c1c[nH]cc1-c1ccc2c(c1)OCCO2.Cl. The van der Waals surface area contributed by atoms with Crippen molar-refractivity contribution in [1.29, 1.82) is 0 Å². The van der Waals surface area contributed by atoms with Crippen LogP contribution in [0, 0.1) is 5.92 Å². The van der Waals surface area contributed by atoms with Crippen molar-refractivity contribution in [2.45, 2.75) is 19.4 Å². The number of aromatic amines is 1. The molecule has 0 radical (unpaired) electrons. The maximum absolute atomic E-state index is 13.1. The number of hydrogen-bond donors (Lipinski definition) is 2. The average Bonchev–Trinajstić information content (AvgIpc) is 3.27. The molecule has 1 fully saturated rings. The van der Waals surface area contributed by atoms with E-state index >= 15 is 0 Å². The number of nitrogens with two attached hydrogens (primary N) is 1. The van der Waals surface area contributed by atoms with Crippen molar-refractivity contribution in [3.05, 3.63) is 36.2 Å². The summed E-state index contributed by atoms with van der Waals surface area (Å²) in [6.07, 6.45) is 4.60. The minimum absolute atomic E-state index is 0. The molecule has 2 aliphatic heterocycles. The number of nitrogens with one attached hydrogen (secondary N) is 1. The maximum atomic E-state index is 13.1. The third-order valence-electron chi connectivity index (χ3n) is 5.08. The van der Waals surface area contributed by atoms with Gasteiger partial charge in [0.1, 0.15) is 13.2 Å². The molecule has 0 bridgehead atoms. The van der Waals surface area contributed by atoms with E-state index in [4.69, 9.17) is 15.2 Å². The first-order valence-corrected chi connectivity index (χ1v) is 8.75. The molecule has 140 valence electrons. The van der Waals surface area contributed by atoms with Gasteiger partial charge < -0.3 is 25.1 Å². The minimum Gasteiger partial charge on any atom is -0.486 e. The normalized spacial score (nSPS) is 21.4. The van der Waals surface area contributed by atoms with Gasteiger partial charge in [0, 0.05) is 30.5 Å². The van der Waals surface area contributed by atoms with Crippen LogP contribution < -0.4 is 15.2 Å². The zero-order chi connectivity index (χ0) is 17.4. The number of rotatable bonds is 3. The van der Waals surface area contributed by atoms with Crippen LogP contribution in [0.2, 0.25) is 0 Å². The van der Waals surface area contributed by atoms with Crippen molar-refractivity contribution in [3.63, 3.8) is 0 Å². The summed E-state index contributed by atoms with van der Waals surface area (Å²) in [5.74, 6) is 1.91. The number of benzene rings is 1. The molecule has 3 N–H and O–H groups in total. The molecule has 0 saturated carbocycles. The first-order valence-electron chi connectivity index (χ1n) is 8.75. The van der Waals surface area contributed by atoms with Gasteiger partial charge in [-0.2, -0.15) is 0 Å². The standard InChI is InChI=1S/C19H23N3O3.ClH/c1-12-6-13(8-20)11-22(12)19(23)16-10-21-9-15(16)14-2-3-17-18(7-14)25-5-4-24-17;/h2-3,7,9-10,12-13,21H,4-6,8,11,20H2,1H3;1H. The number of likely N-dealkylation sites (tertiary alicyclic amines) is 1. The monoisotopic (exact) mass is 377 g/mol. The Morgan fingerprint density at radius 3 is 2.77 bits per heavy atom. The lowest BCUT2D eigenvalue weighted by atomic mass is 10.0. The molecule has 26 heavy (non-hydrogen) atoms. The fourth-order valence-electron chi connectivity index (χ4n) is 3.74. The summed E-state index contributed by atoms with van der Waals surface area (Å²) in [7, 11) is 0. The smallest absolute Gasteiger partial charge is 0.256 e. The van der Waals surface area contributed by atoms with E-state index < -0.39 is 0 Å². The van der Waals surface area contributed by atoms with Crippen LogP contribution in [0.25, 0.3) is 11.1 Å². The van der Waals surface area contributed by atoms with Crippen molar-refractivity contribution < 1.29 is 14.3 Å². The van der Waals surface area contributed by atoms with Crippen molar-refractivity contribution in [1.82, 2.24) is 9.88 Å². The number of ether oxygens (including phenoxy) is 2. The van der Waals surface area contributed by atoms with Gasteiger partial charge in [-0.15, -0.1) is 12.4 Å². The fourth-order valence-corrected chi connectivity index (χ4v) is 3.74. The van der Waals surface area contributed by atoms with E-state index in [1.165, 1.54) is 0 Å². The highest BCUT2D eigenvalue weighted by atomic mass is 35.5. The second kappa shape index (κ2) is 7.60. The van der Waals surface area contributed by atoms with Crippen molar-refractivity contribution in [2.75, 3.05) is 26.3 Å². The van der Waals surface area contributed by atoms with Crippen LogP contribution in [0.15, 0.2) is 30.6 Å². The minimum atomic E-state index is 0. The average molecular weight is 378 g/mol. The van der Waals surface area contributed by atoms with Gasteiger partial charge in [0.25, 0.3) is 5.91 Å². The second-order valence-corrected chi connectivity index (χ2v) is 6.79. The summed E-state index contributed by atoms with van der Waals surface area (Å²) in [6, 6.07) is 6.01. The predicted molar refractivity (Wildman–Crippen MR) is 102 cm³/mol. The van der Waals surface area contributed by atoms with Crippen LogP contribution in [0.5, 0.6) is 11.5 Å². The molecular formula is C19H24ClN3O3. The number of hydrogen-bond acceptors (Lipinski definition) is 4. The van der Waals surface area contributed by atoms with Crippen molar-refractivity contribution in [3.8, 4) is 22.6 Å². The highest BCUT2D eigenvalue weighted by Gasteiger charge is 2.33. The van der Waals surface area contributed by atoms with E-state index in [-0.39, 0.29) is 24.4 Å². The Morgan fingerprint density at radius 2 is 2.04 bits per heavy atom. The van der Waals surface area contributed by atoms with Crippen LogP contribution in [0.3, 0.4) is 0 Å². The number of halogens is 1. The van der Waals surface area contributed by atoms with E-state index in [1.54, 1.807) is 6.20 Å².